The van der Waals surface area contributed by atoms with Crippen molar-refractivity contribution in [3.63, 3.8) is 0 Å². The summed E-state index contributed by atoms with van der Waals surface area (Å²) < 4.78 is 26.6. The van der Waals surface area contributed by atoms with Crippen LogP contribution in [0.3, 0.4) is 0 Å². The van der Waals surface area contributed by atoms with E-state index in [1.165, 1.54) is 28.4 Å². The van der Waals surface area contributed by atoms with Gasteiger partial charge in [0, 0.05) is 17.7 Å². The lowest BCUT2D eigenvalue weighted by Crippen LogP contribution is -2.11. The Bertz CT molecular complexity index is 854. The molecule has 0 radical (unpaired) electrons. The topological polar surface area (TPSA) is 75.3 Å². The Morgan fingerprint density at radius 2 is 1.65 bits per heavy atom. The second-order valence-electron chi connectivity index (χ2n) is 5.38. The number of ether oxygens (including phenoxy) is 5. The number of anilines is 1. The van der Waals surface area contributed by atoms with Gasteiger partial charge in [0.2, 0.25) is 6.23 Å². The van der Waals surface area contributed by atoms with E-state index in [0.29, 0.717) is 44.8 Å². The third-order valence-corrected chi connectivity index (χ3v) is 4.35. The number of benzene rings is 2. The van der Waals surface area contributed by atoms with Gasteiger partial charge in [0.1, 0.15) is 17.1 Å². The van der Waals surface area contributed by atoms with Crippen LogP contribution in [-0.4, -0.2) is 34.4 Å². The number of esters is 1. The zero-order valence-electron chi connectivity index (χ0n) is 14.7. The van der Waals surface area contributed by atoms with Gasteiger partial charge in [-0.2, -0.15) is 0 Å². The van der Waals surface area contributed by atoms with E-state index in [0.717, 1.165) is 0 Å². The van der Waals surface area contributed by atoms with Crippen molar-refractivity contribution in [2.45, 2.75) is 6.23 Å². The number of methoxy groups -OCH3 is 4. The molecule has 1 heterocycles. The molecule has 26 heavy (non-hydrogen) atoms. The second-order valence-corrected chi connectivity index (χ2v) is 5.79. The summed E-state index contributed by atoms with van der Waals surface area (Å²) >= 11 is 6.13. The van der Waals surface area contributed by atoms with Crippen molar-refractivity contribution in [1.82, 2.24) is 0 Å². The number of nitrogens with one attached hydrogen (secondary N) is 1. The molecule has 2 aromatic rings. The van der Waals surface area contributed by atoms with E-state index in [1.807, 2.05) is 0 Å². The molecule has 0 fully saturated rings. The zero-order valence-corrected chi connectivity index (χ0v) is 15.5. The van der Waals surface area contributed by atoms with Gasteiger partial charge in [0.25, 0.3) is 0 Å². The van der Waals surface area contributed by atoms with Crippen LogP contribution >= 0.6 is 11.6 Å². The Balaban J connectivity index is 2.01. The first kappa shape index (κ1) is 18.0. The van der Waals surface area contributed by atoms with E-state index >= 15 is 0 Å². The highest BCUT2D eigenvalue weighted by Gasteiger charge is 2.36. The minimum absolute atomic E-state index is 0.323. The van der Waals surface area contributed by atoms with Gasteiger partial charge in [-0.25, -0.2) is 4.79 Å². The highest BCUT2D eigenvalue weighted by Crippen LogP contribution is 2.44. The number of hydrogen-bond acceptors (Lipinski definition) is 7. The molecule has 0 amide bonds. The van der Waals surface area contributed by atoms with E-state index in [1.54, 1.807) is 24.3 Å². The Morgan fingerprint density at radius 3 is 2.27 bits per heavy atom. The molecule has 1 atom stereocenters. The molecule has 0 aromatic heterocycles. The van der Waals surface area contributed by atoms with Crippen LogP contribution in [0.2, 0.25) is 5.02 Å². The predicted octanol–water partition coefficient (Wildman–Crippen LogP) is 3.66. The number of carbonyl (C=O) groups is 1. The number of fused-ring (bicyclic) bond motifs is 1. The molecule has 8 heteroatoms. The molecule has 2 aromatic carbocycles. The van der Waals surface area contributed by atoms with E-state index in [9.17, 15) is 4.79 Å². The fraction of sp³-hybridized carbons (Fsp3) is 0.278. The Hall–Kier alpha value is -2.80. The molecule has 1 aliphatic heterocycles. The quantitative estimate of drug-likeness (QED) is 0.767. The van der Waals surface area contributed by atoms with Crippen LogP contribution in [0.25, 0.3) is 0 Å². The molecule has 138 valence electrons. The molecule has 0 saturated heterocycles. The van der Waals surface area contributed by atoms with Crippen LogP contribution in [0.4, 0.5) is 5.69 Å². The maximum absolute atomic E-state index is 12.4. The van der Waals surface area contributed by atoms with Crippen molar-refractivity contribution in [3.05, 3.63) is 40.4 Å². The first-order chi connectivity index (χ1) is 12.5. The number of rotatable bonds is 6. The Kier molecular flexibility index (Phi) is 4.99. The van der Waals surface area contributed by atoms with Crippen molar-refractivity contribution in [2.24, 2.45) is 0 Å². The lowest BCUT2D eigenvalue weighted by atomic mass is 10.1. The molecule has 0 saturated carbocycles. The smallest absolute Gasteiger partial charge is 0.344 e. The fourth-order valence-corrected chi connectivity index (χ4v) is 3.05. The highest BCUT2D eigenvalue weighted by molar-refractivity contribution is 6.32. The molecule has 7 nitrogen and oxygen atoms in total. The van der Waals surface area contributed by atoms with E-state index in [2.05, 4.69) is 5.32 Å². The van der Waals surface area contributed by atoms with Gasteiger partial charge in [-0.3, -0.25) is 0 Å². The maximum atomic E-state index is 12.4. The monoisotopic (exact) mass is 379 g/mol. The van der Waals surface area contributed by atoms with Gasteiger partial charge in [-0.05, 0) is 12.1 Å². The summed E-state index contributed by atoms with van der Waals surface area (Å²) in [6.07, 6.45) is -0.725. The minimum Gasteiger partial charge on any atom is -0.495 e. The molecule has 0 spiro atoms. The van der Waals surface area contributed by atoms with Crippen LogP contribution in [0.5, 0.6) is 23.0 Å². The second kappa shape index (κ2) is 7.21. The minimum atomic E-state index is -0.725. The summed E-state index contributed by atoms with van der Waals surface area (Å²) in [5, 5.41) is 3.54. The summed E-state index contributed by atoms with van der Waals surface area (Å²) in [5.74, 6) is 1.23. The van der Waals surface area contributed by atoms with Crippen molar-refractivity contribution >= 4 is 23.3 Å². The summed E-state index contributed by atoms with van der Waals surface area (Å²) in [4.78, 5) is 12.4. The van der Waals surface area contributed by atoms with Gasteiger partial charge < -0.3 is 29.0 Å². The highest BCUT2D eigenvalue weighted by atomic mass is 35.5. The lowest BCUT2D eigenvalue weighted by Gasteiger charge is -2.18. The molecule has 1 N–H and O–H groups in total. The summed E-state index contributed by atoms with van der Waals surface area (Å²) in [6, 6.07) is 6.76. The molecular formula is C18H18ClNO6. The van der Waals surface area contributed by atoms with Crippen molar-refractivity contribution < 1.29 is 28.5 Å². The summed E-state index contributed by atoms with van der Waals surface area (Å²) in [5.41, 5.74) is 1.52. The van der Waals surface area contributed by atoms with Gasteiger partial charge in [0.05, 0.1) is 39.1 Å². The van der Waals surface area contributed by atoms with Crippen molar-refractivity contribution in [3.8, 4) is 23.0 Å². The third-order valence-electron chi connectivity index (χ3n) is 4.05. The van der Waals surface area contributed by atoms with Crippen LogP contribution in [-0.2, 0) is 4.74 Å². The van der Waals surface area contributed by atoms with Crippen LogP contribution in [0.15, 0.2) is 24.3 Å². The van der Waals surface area contributed by atoms with E-state index < -0.39 is 12.2 Å². The number of halogens is 1. The molecule has 1 aliphatic rings. The average molecular weight is 380 g/mol. The molecule has 0 unspecified atom stereocenters. The summed E-state index contributed by atoms with van der Waals surface area (Å²) in [6.45, 7) is 0. The maximum Gasteiger partial charge on any atom is 0.344 e. The van der Waals surface area contributed by atoms with Crippen LogP contribution in [0.1, 0.15) is 22.1 Å². The Morgan fingerprint density at radius 1 is 0.962 bits per heavy atom. The first-order valence-corrected chi connectivity index (χ1v) is 8.05. The molecular weight excluding hydrogens is 362 g/mol. The normalized spacial score (nSPS) is 15.1. The number of carbonyl (C=O) groups excluding carboxylic acids is 1. The van der Waals surface area contributed by atoms with Crippen LogP contribution < -0.4 is 24.3 Å². The van der Waals surface area contributed by atoms with Gasteiger partial charge in [-0.1, -0.05) is 11.6 Å². The fourth-order valence-electron chi connectivity index (χ4n) is 2.82. The van der Waals surface area contributed by atoms with Gasteiger partial charge >= 0.3 is 5.97 Å². The van der Waals surface area contributed by atoms with E-state index in [4.69, 9.17) is 35.3 Å². The molecule has 3 rings (SSSR count). The summed E-state index contributed by atoms with van der Waals surface area (Å²) in [7, 11) is 6.01. The zero-order chi connectivity index (χ0) is 18.8. The van der Waals surface area contributed by atoms with Crippen molar-refractivity contribution in [1.29, 1.82) is 0 Å². The molecule has 0 aliphatic carbocycles. The predicted molar refractivity (Wildman–Crippen MR) is 95.9 cm³/mol. The molecule has 0 bridgehead atoms. The first-order valence-electron chi connectivity index (χ1n) is 7.68. The number of hydrogen-bond donors (Lipinski definition) is 1. The van der Waals surface area contributed by atoms with Crippen molar-refractivity contribution in [2.75, 3.05) is 33.8 Å². The largest absolute Gasteiger partial charge is 0.495 e. The SMILES string of the molecule is COc1cc(N[C@@H]2OC(=O)c3c2ccc(OC)c3OC)c(OC)cc1Cl. The number of cyclic esters (lactones) is 1. The van der Waals surface area contributed by atoms with Gasteiger partial charge in [-0.15, -0.1) is 0 Å². The average Bonchev–Trinajstić information content (AvgIpc) is 2.97. The Labute approximate surface area is 155 Å². The van der Waals surface area contributed by atoms with Gasteiger partial charge in [0.15, 0.2) is 11.5 Å². The standard InChI is InChI=1S/C18H18ClNO6/c1-22-12-6-5-9-15(16(12)25-4)18(21)26-17(9)20-11-8-13(23-2)10(19)7-14(11)24-3/h5-8,17,20H,1-4H3/t17-/m1/s1. The lowest BCUT2D eigenvalue weighted by molar-refractivity contribution is 0.0434. The third kappa shape index (κ3) is 2.94. The van der Waals surface area contributed by atoms with Crippen LogP contribution in [0, 0.1) is 0 Å². The van der Waals surface area contributed by atoms with E-state index in [-0.39, 0.29) is 0 Å².